The average Bonchev–Trinajstić information content (AvgIpc) is 2.81. The summed E-state index contributed by atoms with van der Waals surface area (Å²) in [6.07, 6.45) is 3.99. The molecule has 0 N–H and O–H groups in total. The van der Waals surface area contributed by atoms with E-state index in [2.05, 4.69) is 9.64 Å². The molecule has 3 rings (SSSR count). The Labute approximate surface area is 197 Å². The maximum Gasteiger partial charge on any atom is 0.410 e. The van der Waals surface area contributed by atoms with Crippen LogP contribution in [0.1, 0.15) is 46.5 Å². The van der Waals surface area contributed by atoms with Gasteiger partial charge in [-0.1, -0.05) is 0 Å². The molecule has 2 aliphatic heterocycles. The first-order valence-corrected chi connectivity index (χ1v) is 11.9. The number of hydrogen-bond donors (Lipinski definition) is 0. The number of methoxy groups -OCH3 is 1. The number of likely N-dealkylation sites (tertiary alicyclic amines) is 1. The number of piperidine rings is 2. The van der Waals surface area contributed by atoms with Gasteiger partial charge in [-0.3, -0.25) is 0 Å². The van der Waals surface area contributed by atoms with E-state index in [1.165, 1.54) is 7.11 Å². The van der Waals surface area contributed by atoms with E-state index in [1.54, 1.807) is 0 Å². The van der Waals surface area contributed by atoms with Crippen LogP contribution in [-0.4, -0.2) is 75.2 Å². The van der Waals surface area contributed by atoms with E-state index in [0.29, 0.717) is 11.7 Å². The van der Waals surface area contributed by atoms with Gasteiger partial charge in [0.1, 0.15) is 11.4 Å². The van der Waals surface area contributed by atoms with Crippen LogP contribution in [0.4, 0.5) is 10.5 Å². The van der Waals surface area contributed by atoms with Crippen LogP contribution in [0.2, 0.25) is 0 Å². The Balaban J connectivity index is 1.33. The predicted octanol–water partition coefficient (Wildman–Crippen LogP) is 3.87. The second kappa shape index (κ2) is 11.6. The van der Waals surface area contributed by atoms with Crippen molar-refractivity contribution in [2.24, 2.45) is 5.92 Å². The highest BCUT2D eigenvalue weighted by Crippen LogP contribution is 2.26. The lowest BCUT2D eigenvalue weighted by molar-refractivity contribution is -0.142. The molecule has 8 heteroatoms. The van der Waals surface area contributed by atoms with Crippen molar-refractivity contribution in [1.82, 2.24) is 4.90 Å². The zero-order valence-corrected chi connectivity index (χ0v) is 20.4. The summed E-state index contributed by atoms with van der Waals surface area (Å²) in [6.45, 7) is 9.74. The first kappa shape index (κ1) is 25.1. The molecule has 1 aromatic rings. The Bertz CT molecular complexity index is 760. The van der Waals surface area contributed by atoms with E-state index in [9.17, 15) is 9.59 Å². The molecule has 8 nitrogen and oxygen atoms in total. The number of carbonyl (C=O) groups excluding carboxylic acids is 2. The van der Waals surface area contributed by atoms with Crippen LogP contribution in [0.25, 0.3) is 0 Å². The fourth-order valence-electron chi connectivity index (χ4n) is 4.12. The summed E-state index contributed by atoms with van der Waals surface area (Å²) in [4.78, 5) is 27.6. The maximum atomic E-state index is 12.2. The van der Waals surface area contributed by atoms with Crippen molar-refractivity contribution in [2.75, 3.05) is 51.4 Å². The molecule has 0 aliphatic carbocycles. The molecular weight excluding hydrogens is 424 g/mol. The third kappa shape index (κ3) is 8.11. The van der Waals surface area contributed by atoms with Gasteiger partial charge in [-0.2, -0.15) is 0 Å². The molecule has 2 heterocycles. The minimum atomic E-state index is -0.452. The number of ether oxygens (including phenoxy) is 4. The number of amides is 1. The van der Waals surface area contributed by atoms with Crippen molar-refractivity contribution in [2.45, 2.75) is 58.2 Å². The number of esters is 1. The van der Waals surface area contributed by atoms with Crippen molar-refractivity contribution in [1.29, 1.82) is 0 Å². The summed E-state index contributed by atoms with van der Waals surface area (Å²) < 4.78 is 21.7. The van der Waals surface area contributed by atoms with Gasteiger partial charge in [0.2, 0.25) is 0 Å². The number of benzene rings is 1. The minimum absolute atomic E-state index is 0.0847. The fourth-order valence-corrected chi connectivity index (χ4v) is 4.12. The number of nitrogens with zero attached hydrogens (tertiary/aromatic N) is 2. The lowest BCUT2D eigenvalue weighted by Crippen LogP contribution is -2.43. The zero-order valence-electron chi connectivity index (χ0n) is 20.4. The molecule has 0 atom stereocenters. The van der Waals surface area contributed by atoms with Gasteiger partial charge in [0.15, 0.2) is 6.61 Å². The van der Waals surface area contributed by atoms with E-state index < -0.39 is 11.6 Å². The SMILES string of the molecule is COC(=O)COc1ccc(N2CCC(OCC3CCN(C(=O)OC(C)(C)C)CC3)CC2)cc1. The van der Waals surface area contributed by atoms with Gasteiger partial charge < -0.3 is 28.7 Å². The highest BCUT2D eigenvalue weighted by molar-refractivity contribution is 5.71. The highest BCUT2D eigenvalue weighted by atomic mass is 16.6. The second-order valence-electron chi connectivity index (χ2n) is 9.79. The molecule has 184 valence electrons. The van der Waals surface area contributed by atoms with Gasteiger partial charge in [-0.25, -0.2) is 9.59 Å². The Morgan fingerprint density at radius 2 is 1.61 bits per heavy atom. The standard InChI is InChI=1S/C25H38N2O6/c1-25(2,3)33-24(29)27-13-9-19(10-14-27)17-31-22-11-15-26(16-12-22)20-5-7-21(8-6-20)32-18-23(28)30-4/h5-8,19,22H,9-18H2,1-4H3. The summed E-state index contributed by atoms with van der Waals surface area (Å²) in [5.41, 5.74) is 0.694. The highest BCUT2D eigenvalue weighted by Gasteiger charge is 2.28. The van der Waals surface area contributed by atoms with Crippen LogP contribution >= 0.6 is 0 Å². The molecule has 0 bridgehead atoms. The number of carbonyl (C=O) groups is 2. The lowest BCUT2D eigenvalue weighted by atomic mass is 9.97. The maximum absolute atomic E-state index is 12.2. The smallest absolute Gasteiger partial charge is 0.410 e. The topological polar surface area (TPSA) is 77.5 Å². The van der Waals surface area contributed by atoms with Crippen molar-refractivity contribution in [3.63, 3.8) is 0 Å². The summed E-state index contributed by atoms with van der Waals surface area (Å²) in [5.74, 6) is 0.758. The largest absolute Gasteiger partial charge is 0.482 e. The van der Waals surface area contributed by atoms with E-state index in [-0.39, 0.29) is 18.8 Å². The van der Waals surface area contributed by atoms with Crippen molar-refractivity contribution >= 4 is 17.7 Å². The van der Waals surface area contributed by atoms with E-state index in [1.807, 2.05) is 49.9 Å². The van der Waals surface area contributed by atoms with Crippen LogP contribution in [0.3, 0.4) is 0 Å². The molecule has 0 aromatic heterocycles. The molecular formula is C25H38N2O6. The number of anilines is 1. The summed E-state index contributed by atoms with van der Waals surface area (Å²) in [6, 6.07) is 7.80. The van der Waals surface area contributed by atoms with Gasteiger partial charge in [0.05, 0.1) is 13.2 Å². The van der Waals surface area contributed by atoms with Crippen LogP contribution < -0.4 is 9.64 Å². The van der Waals surface area contributed by atoms with Gasteiger partial charge in [-0.05, 0) is 76.6 Å². The van der Waals surface area contributed by atoms with Crippen LogP contribution in [-0.2, 0) is 19.0 Å². The Hall–Kier alpha value is -2.48. The number of rotatable bonds is 7. The van der Waals surface area contributed by atoms with Gasteiger partial charge in [0.25, 0.3) is 0 Å². The summed E-state index contributed by atoms with van der Waals surface area (Å²) >= 11 is 0. The number of hydrogen-bond acceptors (Lipinski definition) is 7. The molecule has 1 amide bonds. The molecule has 1 aromatic carbocycles. The first-order valence-electron chi connectivity index (χ1n) is 11.9. The average molecular weight is 463 g/mol. The normalized spacial score (nSPS) is 18.2. The van der Waals surface area contributed by atoms with Crippen LogP contribution in [0.15, 0.2) is 24.3 Å². The molecule has 2 fully saturated rings. The lowest BCUT2D eigenvalue weighted by Gasteiger charge is -2.36. The van der Waals surface area contributed by atoms with E-state index >= 15 is 0 Å². The fraction of sp³-hybridized carbons (Fsp3) is 0.680. The minimum Gasteiger partial charge on any atom is -0.482 e. The summed E-state index contributed by atoms with van der Waals surface area (Å²) in [5, 5.41) is 0. The van der Waals surface area contributed by atoms with Crippen molar-refractivity contribution in [3.05, 3.63) is 24.3 Å². The quantitative estimate of drug-likeness (QED) is 0.569. The van der Waals surface area contributed by atoms with Gasteiger partial charge in [0, 0.05) is 38.5 Å². The Morgan fingerprint density at radius 1 is 0.970 bits per heavy atom. The third-order valence-electron chi connectivity index (χ3n) is 6.06. The predicted molar refractivity (Wildman–Crippen MR) is 126 cm³/mol. The van der Waals surface area contributed by atoms with E-state index in [4.69, 9.17) is 14.2 Å². The summed E-state index contributed by atoms with van der Waals surface area (Å²) in [7, 11) is 1.34. The first-order chi connectivity index (χ1) is 15.7. The third-order valence-corrected chi connectivity index (χ3v) is 6.06. The van der Waals surface area contributed by atoms with Gasteiger partial charge >= 0.3 is 12.1 Å². The van der Waals surface area contributed by atoms with Gasteiger partial charge in [-0.15, -0.1) is 0 Å². The Morgan fingerprint density at radius 3 is 2.18 bits per heavy atom. The van der Waals surface area contributed by atoms with Crippen molar-refractivity contribution in [3.8, 4) is 5.75 Å². The molecule has 0 saturated carbocycles. The molecule has 0 radical (unpaired) electrons. The van der Waals surface area contributed by atoms with Crippen molar-refractivity contribution < 1.29 is 28.5 Å². The molecule has 33 heavy (non-hydrogen) atoms. The van der Waals surface area contributed by atoms with Crippen LogP contribution in [0.5, 0.6) is 5.75 Å². The molecule has 0 unspecified atom stereocenters. The van der Waals surface area contributed by atoms with E-state index in [0.717, 1.165) is 64.2 Å². The molecule has 2 saturated heterocycles. The second-order valence-corrected chi connectivity index (χ2v) is 9.79. The monoisotopic (exact) mass is 462 g/mol. The molecule has 2 aliphatic rings. The zero-order chi connectivity index (χ0) is 23.8. The Kier molecular flexibility index (Phi) is 8.83. The molecule has 0 spiro atoms. The van der Waals surface area contributed by atoms with Crippen LogP contribution in [0, 0.1) is 5.92 Å².